The van der Waals surface area contributed by atoms with Gasteiger partial charge in [-0.15, -0.1) is 11.3 Å². The van der Waals surface area contributed by atoms with Crippen LogP contribution in [-0.4, -0.2) is 22.5 Å². The van der Waals surface area contributed by atoms with Gasteiger partial charge in [0, 0.05) is 21.7 Å². The summed E-state index contributed by atoms with van der Waals surface area (Å²) in [5.74, 6) is 0.421. The van der Waals surface area contributed by atoms with Gasteiger partial charge in [-0.1, -0.05) is 23.7 Å². The minimum Gasteiger partial charge on any atom is -0.510 e. The summed E-state index contributed by atoms with van der Waals surface area (Å²) < 4.78 is 0. The smallest absolute Gasteiger partial charge is 0.139 e. The van der Waals surface area contributed by atoms with Crippen LogP contribution in [0.15, 0.2) is 47.5 Å². The van der Waals surface area contributed by atoms with Gasteiger partial charge in [0.15, 0.2) is 0 Å². The summed E-state index contributed by atoms with van der Waals surface area (Å²) in [6, 6.07) is 11.8. The van der Waals surface area contributed by atoms with E-state index in [9.17, 15) is 5.11 Å². The molecule has 0 aliphatic carbocycles. The number of hydrogen-bond acceptors (Lipinski definition) is 4. The zero-order valence-electron chi connectivity index (χ0n) is 15.9. The number of aliphatic hydroxyl groups is 1. The maximum Gasteiger partial charge on any atom is 0.139 e. The first-order chi connectivity index (χ1) is 13.3. The topological polar surface area (TPSA) is 60.2 Å². The molecule has 2 N–H and O–H groups in total. The number of benzene rings is 2. The van der Waals surface area contributed by atoms with Gasteiger partial charge in [0.25, 0.3) is 0 Å². The third kappa shape index (κ3) is 3.21. The number of halogens is 1. The van der Waals surface area contributed by atoms with Crippen molar-refractivity contribution < 1.29 is 5.11 Å². The predicted octanol–water partition coefficient (Wildman–Crippen LogP) is 6.16. The maximum atomic E-state index is 10.6. The Kier molecular flexibility index (Phi) is 4.73. The van der Waals surface area contributed by atoms with Crippen molar-refractivity contribution in [3.8, 4) is 11.3 Å². The quantitative estimate of drug-likeness (QED) is 0.544. The molecule has 0 unspecified atom stereocenters. The largest absolute Gasteiger partial charge is 0.510 e. The third-order valence-electron chi connectivity index (χ3n) is 5.07. The van der Waals surface area contributed by atoms with Gasteiger partial charge >= 0.3 is 0 Å². The monoisotopic (exact) mass is 409 g/mol. The molecule has 142 valence electrons. The van der Waals surface area contributed by atoms with Crippen molar-refractivity contribution in [2.24, 2.45) is 0 Å². The molecule has 3 aromatic rings. The van der Waals surface area contributed by atoms with Crippen LogP contribution in [0.25, 0.3) is 16.8 Å². The molecule has 1 aliphatic rings. The number of amidine groups is 1. The fourth-order valence-electron chi connectivity index (χ4n) is 3.35. The van der Waals surface area contributed by atoms with E-state index in [0.717, 1.165) is 22.5 Å². The standard InChI is InChI=1S/C22H20ClN3OS/c1-12-4-5-15(8-13(12)2)17-11-28-22(25-17)20-19(27)10-26(21(20)24)18-7-6-16(23)9-14(18)3/h4-9,11,24,27H,10H2,1-3H3. The van der Waals surface area contributed by atoms with Crippen LogP contribution < -0.4 is 4.90 Å². The Morgan fingerprint density at radius 2 is 1.86 bits per heavy atom. The van der Waals surface area contributed by atoms with Crippen molar-refractivity contribution in [2.45, 2.75) is 20.8 Å². The number of aryl methyl sites for hydroxylation is 3. The molecular weight excluding hydrogens is 390 g/mol. The Morgan fingerprint density at radius 1 is 1.07 bits per heavy atom. The molecular formula is C22H20ClN3OS. The molecule has 4 rings (SSSR count). The molecule has 0 amide bonds. The summed E-state index contributed by atoms with van der Waals surface area (Å²) in [4.78, 5) is 6.50. The van der Waals surface area contributed by atoms with Gasteiger partial charge in [-0.2, -0.15) is 0 Å². The van der Waals surface area contributed by atoms with Crippen LogP contribution in [0.1, 0.15) is 21.7 Å². The lowest BCUT2D eigenvalue weighted by Crippen LogP contribution is -2.26. The summed E-state index contributed by atoms with van der Waals surface area (Å²) in [6.45, 7) is 6.38. The van der Waals surface area contributed by atoms with Crippen LogP contribution in [0.2, 0.25) is 5.02 Å². The number of aliphatic hydroxyl groups excluding tert-OH is 1. The first kappa shape index (κ1) is 18.7. The van der Waals surface area contributed by atoms with E-state index in [-0.39, 0.29) is 18.1 Å². The van der Waals surface area contributed by atoms with Crippen molar-refractivity contribution in [2.75, 3.05) is 11.4 Å². The molecule has 0 spiro atoms. The van der Waals surface area contributed by atoms with Crippen LogP contribution in [0.3, 0.4) is 0 Å². The Bertz CT molecular complexity index is 1130. The van der Waals surface area contributed by atoms with Gasteiger partial charge in [0.1, 0.15) is 16.6 Å². The van der Waals surface area contributed by atoms with E-state index in [1.165, 1.54) is 22.5 Å². The molecule has 0 saturated heterocycles. The first-order valence-electron chi connectivity index (χ1n) is 8.93. The normalized spacial score (nSPS) is 14.3. The fraction of sp³-hybridized carbons (Fsp3) is 0.182. The van der Waals surface area contributed by atoms with Crippen molar-refractivity contribution in [1.29, 1.82) is 5.41 Å². The average molecular weight is 410 g/mol. The molecule has 1 aliphatic heterocycles. The molecule has 2 aromatic carbocycles. The van der Waals surface area contributed by atoms with Gasteiger partial charge in [-0.05, 0) is 61.7 Å². The number of aromatic nitrogens is 1. The second-order valence-electron chi connectivity index (χ2n) is 7.02. The lowest BCUT2D eigenvalue weighted by molar-refractivity contribution is 0.411. The van der Waals surface area contributed by atoms with E-state index >= 15 is 0 Å². The van der Waals surface area contributed by atoms with Gasteiger partial charge in [-0.25, -0.2) is 4.98 Å². The minimum atomic E-state index is 0.167. The molecule has 0 atom stereocenters. The third-order valence-corrected chi connectivity index (χ3v) is 6.17. The first-order valence-corrected chi connectivity index (χ1v) is 10.2. The highest BCUT2D eigenvalue weighted by atomic mass is 35.5. The van der Waals surface area contributed by atoms with E-state index in [4.69, 9.17) is 22.0 Å². The van der Waals surface area contributed by atoms with Crippen LogP contribution in [0.4, 0.5) is 5.69 Å². The SMILES string of the molecule is Cc1ccc(-c2csc(C3=C(O)CN(c4ccc(Cl)cc4C)C3=N)n2)cc1C. The Hall–Kier alpha value is -2.63. The molecule has 0 fully saturated rings. The molecule has 0 radical (unpaired) electrons. The summed E-state index contributed by atoms with van der Waals surface area (Å²) in [5, 5.41) is 22.5. The molecule has 4 nitrogen and oxygen atoms in total. The number of hydrogen-bond donors (Lipinski definition) is 2. The van der Waals surface area contributed by atoms with E-state index in [1.54, 1.807) is 11.0 Å². The summed E-state index contributed by atoms with van der Waals surface area (Å²) in [5.41, 5.74) is 6.67. The Morgan fingerprint density at radius 3 is 2.57 bits per heavy atom. The van der Waals surface area contributed by atoms with Crippen LogP contribution >= 0.6 is 22.9 Å². The molecule has 0 bridgehead atoms. The zero-order chi connectivity index (χ0) is 20.0. The summed E-state index contributed by atoms with van der Waals surface area (Å²) in [7, 11) is 0. The van der Waals surface area contributed by atoms with Gasteiger partial charge in [-0.3, -0.25) is 5.41 Å². The molecule has 28 heavy (non-hydrogen) atoms. The maximum absolute atomic E-state index is 10.6. The molecule has 6 heteroatoms. The Balaban J connectivity index is 1.66. The van der Waals surface area contributed by atoms with Gasteiger partial charge in [0.05, 0.1) is 17.8 Å². The summed E-state index contributed by atoms with van der Waals surface area (Å²) in [6.07, 6.45) is 0. The highest BCUT2D eigenvalue weighted by Crippen LogP contribution is 2.36. The fourth-order valence-corrected chi connectivity index (χ4v) is 4.48. The van der Waals surface area contributed by atoms with Gasteiger partial charge in [0.2, 0.25) is 0 Å². The van der Waals surface area contributed by atoms with Crippen LogP contribution in [0, 0.1) is 26.2 Å². The summed E-state index contributed by atoms with van der Waals surface area (Å²) >= 11 is 7.50. The van der Waals surface area contributed by atoms with Gasteiger partial charge < -0.3 is 10.0 Å². The van der Waals surface area contributed by atoms with E-state index in [2.05, 4.69) is 32.0 Å². The van der Waals surface area contributed by atoms with Crippen LogP contribution in [-0.2, 0) is 0 Å². The van der Waals surface area contributed by atoms with Crippen LogP contribution in [0.5, 0.6) is 0 Å². The number of nitrogens with zero attached hydrogens (tertiary/aromatic N) is 2. The van der Waals surface area contributed by atoms with Crippen molar-refractivity contribution in [3.05, 3.63) is 74.3 Å². The molecule has 2 heterocycles. The second-order valence-corrected chi connectivity index (χ2v) is 8.32. The number of nitrogens with one attached hydrogen (secondary N) is 1. The number of thiazole rings is 1. The predicted molar refractivity (Wildman–Crippen MR) is 118 cm³/mol. The zero-order valence-corrected chi connectivity index (χ0v) is 17.4. The van der Waals surface area contributed by atoms with Crippen molar-refractivity contribution >= 4 is 40.0 Å². The van der Waals surface area contributed by atoms with Crippen molar-refractivity contribution in [1.82, 2.24) is 4.98 Å². The Labute approximate surface area is 173 Å². The van der Waals surface area contributed by atoms with E-state index < -0.39 is 0 Å². The lowest BCUT2D eigenvalue weighted by Gasteiger charge is -2.21. The van der Waals surface area contributed by atoms with Crippen molar-refractivity contribution in [3.63, 3.8) is 0 Å². The molecule has 1 aromatic heterocycles. The minimum absolute atomic E-state index is 0.167. The average Bonchev–Trinajstić information content (AvgIpc) is 3.22. The number of anilines is 1. The lowest BCUT2D eigenvalue weighted by atomic mass is 10.1. The van der Waals surface area contributed by atoms with E-state index in [1.807, 2.05) is 24.4 Å². The number of rotatable bonds is 3. The molecule has 0 saturated carbocycles. The highest BCUT2D eigenvalue weighted by molar-refractivity contribution is 7.11. The second kappa shape index (κ2) is 7.08. The highest BCUT2D eigenvalue weighted by Gasteiger charge is 2.32. The van der Waals surface area contributed by atoms with E-state index in [0.29, 0.717) is 15.6 Å².